The van der Waals surface area contributed by atoms with Gasteiger partial charge < -0.3 is 4.90 Å². The summed E-state index contributed by atoms with van der Waals surface area (Å²) in [5.41, 5.74) is 1.08. The summed E-state index contributed by atoms with van der Waals surface area (Å²) in [5.74, 6) is 1.36. The molecule has 114 valence electrons. The van der Waals surface area contributed by atoms with Gasteiger partial charge in [0.1, 0.15) is 6.17 Å². The van der Waals surface area contributed by atoms with E-state index in [9.17, 15) is 4.79 Å². The van der Waals surface area contributed by atoms with Crippen LogP contribution in [0.5, 0.6) is 0 Å². The van der Waals surface area contributed by atoms with E-state index in [1.54, 1.807) is 0 Å². The SMILES string of the molecule is CC(C)C1NC(c2cccc(Cl)c2)N(CCC2CC2)C1=O. The number of halogens is 1. The van der Waals surface area contributed by atoms with E-state index in [0.717, 1.165) is 29.5 Å². The molecule has 1 aromatic rings. The van der Waals surface area contributed by atoms with E-state index in [4.69, 9.17) is 11.6 Å². The molecule has 1 saturated carbocycles. The number of carbonyl (C=O) groups is 1. The Hall–Kier alpha value is -1.06. The molecular weight excluding hydrogens is 284 g/mol. The van der Waals surface area contributed by atoms with Crippen molar-refractivity contribution in [2.75, 3.05) is 6.54 Å². The van der Waals surface area contributed by atoms with E-state index in [0.29, 0.717) is 5.92 Å². The maximum atomic E-state index is 12.7. The van der Waals surface area contributed by atoms with Crippen molar-refractivity contribution in [3.05, 3.63) is 34.9 Å². The zero-order chi connectivity index (χ0) is 15.0. The van der Waals surface area contributed by atoms with Gasteiger partial charge in [-0.05, 0) is 36.0 Å². The minimum absolute atomic E-state index is 0.0395. The Morgan fingerprint density at radius 3 is 2.76 bits per heavy atom. The molecule has 2 fully saturated rings. The summed E-state index contributed by atoms with van der Waals surface area (Å²) >= 11 is 6.11. The second-order valence-electron chi connectivity index (χ2n) is 6.61. The normalized spacial score (nSPS) is 25.9. The standard InChI is InChI=1S/C17H23ClN2O/c1-11(2)15-17(21)20(9-8-12-6-7-12)16(19-15)13-4-3-5-14(18)10-13/h3-5,10-12,15-16,19H,6-9H2,1-2H3. The van der Waals surface area contributed by atoms with E-state index in [1.807, 2.05) is 29.2 Å². The molecule has 2 unspecified atom stereocenters. The van der Waals surface area contributed by atoms with E-state index in [1.165, 1.54) is 12.8 Å². The van der Waals surface area contributed by atoms with Crippen LogP contribution in [0.15, 0.2) is 24.3 Å². The summed E-state index contributed by atoms with van der Waals surface area (Å²) in [4.78, 5) is 14.7. The van der Waals surface area contributed by atoms with Crippen LogP contribution in [0.2, 0.25) is 5.02 Å². The molecule has 21 heavy (non-hydrogen) atoms. The third-order valence-corrected chi connectivity index (χ3v) is 4.74. The molecule has 3 nitrogen and oxygen atoms in total. The van der Waals surface area contributed by atoms with Gasteiger partial charge in [-0.25, -0.2) is 0 Å². The molecule has 2 aliphatic rings. The molecule has 0 aromatic heterocycles. The van der Waals surface area contributed by atoms with Crippen LogP contribution in [0.3, 0.4) is 0 Å². The van der Waals surface area contributed by atoms with Crippen LogP contribution >= 0.6 is 11.6 Å². The second kappa shape index (κ2) is 5.98. The average Bonchev–Trinajstić information content (AvgIpc) is 3.20. The number of benzene rings is 1. The summed E-state index contributed by atoms with van der Waals surface area (Å²) < 4.78 is 0. The fourth-order valence-electron chi connectivity index (χ4n) is 3.04. The van der Waals surface area contributed by atoms with Crippen molar-refractivity contribution in [1.82, 2.24) is 10.2 Å². The number of amides is 1. The molecule has 1 aliphatic carbocycles. The predicted molar refractivity (Wildman–Crippen MR) is 85.0 cm³/mol. The van der Waals surface area contributed by atoms with Crippen molar-refractivity contribution in [1.29, 1.82) is 0 Å². The molecule has 4 heteroatoms. The van der Waals surface area contributed by atoms with Gasteiger partial charge in [0, 0.05) is 11.6 Å². The lowest BCUT2D eigenvalue weighted by Crippen LogP contribution is -2.35. The Kier molecular flexibility index (Phi) is 4.23. The highest BCUT2D eigenvalue weighted by molar-refractivity contribution is 6.30. The Balaban J connectivity index is 1.81. The lowest BCUT2D eigenvalue weighted by atomic mass is 10.0. The summed E-state index contributed by atoms with van der Waals surface area (Å²) in [6.07, 6.45) is 3.73. The maximum Gasteiger partial charge on any atom is 0.241 e. The van der Waals surface area contributed by atoms with Crippen LogP contribution in [0.25, 0.3) is 0 Å². The van der Waals surface area contributed by atoms with Crippen molar-refractivity contribution >= 4 is 17.5 Å². The van der Waals surface area contributed by atoms with Gasteiger partial charge in [-0.15, -0.1) is 0 Å². The first-order valence-corrected chi connectivity index (χ1v) is 8.26. The number of nitrogens with zero attached hydrogens (tertiary/aromatic N) is 1. The van der Waals surface area contributed by atoms with Crippen LogP contribution < -0.4 is 5.32 Å². The number of hydrogen-bond donors (Lipinski definition) is 1. The van der Waals surface area contributed by atoms with Crippen LogP contribution in [-0.4, -0.2) is 23.4 Å². The van der Waals surface area contributed by atoms with Gasteiger partial charge in [0.15, 0.2) is 0 Å². The molecule has 1 aromatic carbocycles. The molecule has 2 atom stereocenters. The van der Waals surface area contributed by atoms with Gasteiger partial charge in [0.25, 0.3) is 0 Å². The van der Waals surface area contributed by atoms with Crippen molar-refractivity contribution < 1.29 is 4.79 Å². The molecule has 1 aliphatic heterocycles. The average molecular weight is 307 g/mol. The maximum absolute atomic E-state index is 12.7. The highest BCUT2D eigenvalue weighted by Crippen LogP contribution is 2.35. The smallest absolute Gasteiger partial charge is 0.241 e. The minimum atomic E-state index is -0.0896. The molecule has 1 amide bonds. The molecule has 0 spiro atoms. The number of carbonyl (C=O) groups excluding carboxylic acids is 1. The Labute approximate surface area is 131 Å². The lowest BCUT2D eigenvalue weighted by molar-refractivity contribution is -0.130. The van der Waals surface area contributed by atoms with E-state index in [2.05, 4.69) is 19.2 Å². The number of nitrogens with one attached hydrogen (secondary N) is 1. The zero-order valence-electron chi connectivity index (χ0n) is 12.7. The quantitative estimate of drug-likeness (QED) is 0.901. The first-order valence-electron chi connectivity index (χ1n) is 7.88. The molecule has 0 bridgehead atoms. The van der Waals surface area contributed by atoms with Gasteiger partial charge in [0.05, 0.1) is 6.04 Å². The third-order valence-electron chi connectivity index (χ3n) is 4.50. The highest BCUT2D eigenvalue weighted by Gasteiger charge is 2.41. The van der Waals surface area contributed by atoms with E-state index >= 15 is 0 Å². The topological polar surface area (TPSA) is 32.3 Å². The number of hydrogen-bond acceptors (Lipinski definition) is 2. The second-order valence-corrected chi connectivity index (χ2v) is 7.05. The third kappa shape index (κ3) is 3.24. The summed E-state index contributed by atoms with van der Waals surface area (Å²) in [6, 6.07) is 7.73. The molecule has 0 radical (unpaired) electrons. The highest BCUT2D eigenvalue weighted by atomic mass is 35.5. The first kappa shape index (κ1) is 14.9. The van der Waals surface area contributed by atoms with Crippen molar-refractivity contribution in [2.45, 2.75) is 45.3 Å². The van der Waals surface area contributed by atoms with Crippen molar-refractivity contribution in [3.8, 4) is 0 Å². The van der Waals surface area contributed by atoms with Gasteiger partial charge in [-0.1, -0.05) is 50.4 Å². The van der Waals surface area contributed by atoms with E-state index in [-0.39, 0.29) is 18.1 Å². The fraction of sp³-hybridized carbons (Fsp3) is 0.588. The molecule has 1 N–H and O–H groups in total. The van der Waals surface area contributed by atoms with Gasteiger partial charge in [-0.3, -0.25) is 10.1 Å². The fourth-order valence-corrected chi connectivity index (χ4v) is 3.23. The van der Waals surface area contributed by atoms with Gasteiger partial charge in [0.2, 0.25) is 5.91 Å². The largest absolute Gasteiger partial charge is 0.322 e. The summed E-state index contributed by atoms with van der Waals surface area (Å²) in [6.45, 7) is 5.03. The number of rotatable bonds is 5. The van der Waals surface area contributed by atoms with Crippen molar-refractivity contribution in [2.24, 2.45) is 11.8 Å². The molecule has 3 rings (SSSR count). The van der Waals surface area contributed by atoms with Crippen LogP contribution in [0, 0.1) is 11.8 Å². The lowest BCUT2D eigenvalue weighted by Gasteiger charge is -2.24. The Morgan fingerprint density at radius 2 is 2.14 bits per heavy atom. The van der Waals surface area contributed by atoms with Crippen LogP contribution in [0.1, 0.15) is 44.8 Å². The van der Waals surface area contributed by atoms with Crippen LogP contribution in [0.4, 0.5) is 0 Å². The molecule has 1 saturated heterocycles. The van der Waals surface area contributed by atoms with E-state index < -0.39 is 0 Å². The molecular formula is C17H23ClN2O. The zero-order valence-corrected chi connectivity index (χ0v) is 13.4. The monoisotopic (exact) mass is 306 g/mol. The predicted octanol–water partition coefficient (Wildman–Crippen LogP) is 3.60. The minimum Gasteiger partial charge on any atom is -0.322 e. The first-order chi connectivity index (χ1) is 10.1. The van der Waals surface area contributed by atoms with Crippen LogP contribution in [-0.2, 0) is 4.79 Å². The van der Waals surface area contributed by atoms with Crippen molar-refractivity contribution in [3.63, 3.8) is 0 Å². The summed E-state index contributed by atoms with van der Waals surface area (Å²) in [7, 11) is 0. The Bertz CT molecular complexity index is 527. The summed E-state index contributed by atoms with van der Waals surface area (Å²) in [5, 5.41) is 4.21. The Morgan fingerprint density at radius 1 is 1.38 bits per heavy atom. The van der Waals surface area contributed by atoms with Gasteiger partial charge >= 0.3 is 0 Å². The molecule has 1 heterocycles. The van der Waals surface area contributed by atoms with Gasteiger partial charge in [-0.2, -0.15) is 0 Å².